The van der Waals surface area contributed by atoms with Crippen LogP contribution < -0.4 is 11.1 Å². The van der Waals surface area contributed by atoms with Gasteiger partial charge in [-0.25, -0.2) is 0 Å². The Morgan fingerprint density at radius 2 is 2.44 bits per heavy atom. The predicted molar refractivity (Wildman–Crippen MR) is 56.4 cm³/mol. The molecule has 1 aromatic rings. The van der Waals surface area contributed by atoms with E-state index >= 15 is 0 Å². The highest BCUT2D eigenvalue weighted by atomic mass is 16.5. The minimum absolute atomic E-state index is 0.0563. The van der Waals surface area contributed by atoms with Crippen LogP contribution in [0.5, 0.6) is 0 Å². The van der Waals surface area contributed by atoms with Crippen LogP contribution in [0.15, 0.2) is 10.9 Å². The Morgan fingerprint density at radius 1 is 1.62 bits per heavy atom. The number of nitrogens with one attached hydrogen (secondary N) is 1. The van der Waals surface area contributed by atoms with Crippen molar-refractivity contribution in [1.82, 2.24) is 15.5 Å². The lowest BCUT2D eigenvalue weighted by Crippen LogP contribution is -2.50. The maximum absolute atomic E-state index is 11.8. The van der Waals surface area contributed by atoms with Gasteiger partial charge in [0.2, 0.25) is 11.8 Å². The van der Waals surface area contributed by atoms with Gasteiger partial charge in [-0.3, -0.25) is 4.79 Å². The van der Waals surface area contributed by atoms with E-state index in [0.717, 1.165) is 19.3 Å². The van der Waals surface area contributed by atoms with E-state index in [1.165, 1.54) is 6.33 Å². The fourth-order valence-electron chi connectivity index (χ4n) is 1.90. The third-order valence-electron chi connectivity index (χ3n) is 3.21. The van der Waals surface area contributed by atoms with Crippen molar-refractivity contribution in [2.45, 2.75) is 25.7 Å². The highest BCUT2D eigenvalue weighted by Gasteiger charge is 2.42. The van der Waals surface area contributed by atoms with E-state index in [9.17, 15) is 4.79 Å². The summed E-state index contributed by atoms with van der Waals surface area (Å²) in [5, 5.41) is 6.36. The zero-order valence-electron chi connectivity index (χ0n) is 9.11. The smallest absolute Gasteiger partial charge is 0.228 e. The Morgan fingerprint density at radius 3 is 2.94 bits per heavy atom. The summed E-state index contributed by atoms with van der Waals surface area (Å²) in [6.07, 6.45) is 4.80. The molecule has 1 heterocycles. The summed E-state index contributed by atoms with van der Waals surface area (Å²) in [7, 11) is 0. The Hall–Kier alpha value is -1.43. The first kappa shape index (κ1) is 11.1. The molecule has 0 aliphatic heterocycles. The Labute approximate surface area is 93.6 Å². The highest BCUT2D eigenvalue weighted by molar-refractivity contribution is 5.83. The normalized spacial score (nSPS) is 17.8. The molecule has 1 saturated carbocycles. The van der Waals surface area contributed by atoms with Crippen LogP contribution in [-0.2, 0) is 11.2 Å². The number of carbonyl (C=O) groups is 1. The number of carbonyl (C=O) groups excluding carboxylic acids is 1. The van der Waals surface area contributed by atoms with Crippen molar-refractivity contribution in [3.8, 4) is 0 Å². The molecule has 0 atom stereocenters. The number of rotatable bonds is 5. The third kappa shape index (κ3) is 2.06. The van der Waals surface area contributed by atoms with Crippen LogP contribution in [0.25, 0.3) is 0 Å². The van der Waals surface area contributed by atoms with Crippen molar-refractivity contribution in [2.75, 3.05) is 13.1 Å². The van der Waals surface area contributed by atoms with Gasteiger partial charge in [-0.2, -0.15) is 4.98 Å². The lowest BCUT2D eigenvalue weighted by atomic mass is 9.68. The van der Waals surface area contributed by atoms with E-state index in [1.54, 1.807) is 0 Å². The number of hydrogen-bond acceptors (Lipinski definition) is 5. The average molecular weight is 224 g/mol. The first-order valence-corrected chi connectivity index (χ1v) is 5.51. The monoisotopic (exact) mass is 224 g/mol. The van der Waals surface area contributed by atoms with Crippen molar-refractivity contribution in [2.24, 2.45) is 11.1 Å². The van der Waals surface area contributed by atoms with Gasteiger partial charge in [0.05, 0.1) is 5.41 Å². The van der Waals surface area contributed by atoms with Crippen LogP contribution in [0.2, 0.25) is 0 Å². The van der Waals surface area contributed by atoms with Crippen molar-refractivity contribution in [3.05, 3.63) is 12.2 Å². The number of hydrogen-bond donors (Lipinski definition) is 2. The largest absolute Gasteiger partial charge is 0.355 e. The molecule has 2 rings (SSSR count). The number of aromatic nitrogens is 2. The lowest BCUT2D eigenvalue weighted by Gasteiger charge is -2.39. The van der Waals surface area contributed by atoms with Gasteiger partial charge in [0.1, 0.15) is 0 Å². The molecular weight excluding hydrogens is 208 g/mol. The van der Waals surface area contributed by atoms with E-state index in [4.69, 9.17) is 10.3 Å². The molecule has 1 fully saturated rings. The molecule has 0 saturated heterocycles. The fourth-order valence-corrected chi connectivity index (χ4v) is 1.90. The maximum atomic E-state index is 11.8. The maximum Gasteiger partial charge on any atom is 0.228 e. The molecule has 1 aliphatic carbocycles. The van der Waals surface area contributed by atoms with Crippen molar-refractivity contribution in [1.29, 1.82) is 0 Å². The summed E-state index contributed by atoms with van der Waals surface area (Å²) >= 11 is 0. The standard InChI is InChI=1S/C10H16N4O2/c11-6-10(3-1-4-10)9(15)12-5-2-8-13-7-14-16-8/h7H,1-6,11H2,(H,12,15). The van der Waals surface area contributed by atoms with Crippen molar-refractivity contribution < 1.29 is 9.32 Å². The second-order valence-corrected chi connectivity index (χ2v) is 4.18. The molecule has 1 aromatic heterocycles. The second kappa shape index (κ2) is 4.61. The van der Waals surface area contributed by atoms with Gasteiger partial charge < -0.3 is 15.6 Å². The highest BCUT2D eigenvalue weighted by Crippen LogP contribution is 2.39. The molecule has 88 valence electrons. The Bertz CT molecular complexity index is 340. The summed E-state index contributed by atoms with van der Waals surface area (Å²) in [4.78, 5) is 15.7. The van der Waals surface area contributed by atoms with E-state index in [1.807, 2.05) is 0 Å². The van der Waals surface area contributed by atoms with E-state index in [-0.39, 0.29) is 11.3 Å². The summed E-state index contributed by atoms with van der Waals surface area (Å²) in [6.45, 7) is 0.947. The van der Waals surface area contributed by atoms with E-state index < -0.39 is 0 Å². The van der Waals surface area contributed by atoms with E-state index in [2.05, 4.69) is 15.5 Å². The van der Waals surface area contributed by atoms with Gasteiger partial charge in [0.25, 0.3) is 0 Å². The average Bonchev–Trinajstić information content (AvgIpc) is 2.70. The zero-order chi connectivity index (χ0) is 11.4. The van der Waals surface area contributed by atoms with Crippen LogP contribution in [0, 0.1) is 5.41 Å². The van der Waals surface area contributed by atoms with Gasteiger partial charge in [0.15, 0.2) is 6.33 Å². The molecular formula is C10H16N4O2. The van der Waals surface area contributed by atoms with Crippen molar-refractivity contribution >= 4 is 5.91 Å². The van der Waals surface area contributed by atoms with Crippen LogP contribution in [-0.4, -0.2) is 29.1 Å². The molecule has 16 heavy (non-hydrogen) atoms. The van der Waals surface area contributed by atoms with Gasteiger partial charge in [-0.1, -0.05) is 11.6 Å². The minimum Gasteiger partial charge on any atom is -0.355 e. The molecule has 6 heteroatoms. The van der Waals surface area contributed by atoms with Crippen LogP contribution >= 0.6 is 0 Å². The SMILES string of the molecule is NCC1(C(=O)NCCc2ncno2)CCC1. The van der Waals surface area contributed by atoms with Crippen LogP contribution in [0.1, 0.15) is 25.2 Å². The Kier molecular flexibility index (Phi) is 3.19. The first-order chi connectivity index (χ1) is 7.77. The zero-order valence-corrected chi connectivity index (χ0v) is 9.11. The minimum atomic E-state index is -0.311. The van der Waals surface area contributed by atoms with Gasteiger partial charge in [-0.15, -0.1) is 0 Å². The summed E-state index contributed by atoms with van der Waals surface area (Å²) in [6, 6.07) is 0. The molecule has 1 aliphatic rings. The summed E-state index contributed by atoms with van der Waals surface area (Å²) in [5.41, 5.74) is 5.32. The molecule has 0 bridgehead atoms. The van der Waals surface area contributed by atoms with E-state index in [0.29, 0.717) is 25.4 Å². The predicted octanol–water partition coefficient (Wildman–Crippen LogP) is -0.143. The molecule has 0 radical (unpaired) electrons. The number of nitrogens with two attached hydrogens (primary N) is 1. The topological polar surface area (TPSA) is 94.0 Å². The van der Waals surface area contributed by atoms with Gasteiger partial charge >= 0.3 is 0 Å². The van der Waals surface area contributed by atoms with Crippen LogP contribution in [0.4, 0.5) is 0 Å². The molecule has 0 aromatic carbocycles. The number of amides is 1. The quantitative estimate of drug-likeness (QED) is 0.725. The number of nitrogens with zero attached hydrogens (tertiary/aromatic N) is 2. The molecule has 3 N–H and O–H groups in total. The lowest BCUT2D eigenvalue weighted by molar-refractivity contribution is -0.135. The molecule has 6 nitrogen and oxygen atoms in total. The van der Waals surface area contributed by atoms with Crippen molar-refractivity contribution in [3.63, 3.8) is 0 Å². The first-order valence-electron chi connectivity index (χ1n) is 5.51. The summed E-state index contributed by atoms with van der Waals surface area (Å²) < 4.78 is 4.83. The second-order valence-electron chi connectivity index (χ2n) is 4.18. The summed E-state index contributed by atoms with van der Waals surface area (Å²) in [5.74, 6) is 0.594. The molecule has 1 amide bonds. The van der Waals surface area contributed by atoms with Crippen LogP contribution in [0.3, 0.4) is 0 Å². The molecule has 0 unspecified atom stereocenters. The third-order valence-corrected chi connectivity index (χ3v) is 3.21. The fraction of sp³-hybridized carbons (Fsp3) is 0.700. The molecule has 0 spiro atoms. The van der Waals surface area contributed by atoms with Gasteiger partial charge in [-0.05, 0) is 12.8 Å². The Balaban J connectivity index is 1.75. The van der Waals surface area contributed by atoms with Gasteiger partial charge in [0, 0.05) is 19.5 Å².